The molecule has 0 radical (unpaired) electrons. The Balaban J connectivity index is 1.61. The van der Waals surface area contributed by atoms with E-state index in [9.17, 15) is 14.4 Å². The van der Waals surface area contributed by atoms with E-state index in [4.69, 9.17) is 11.6 Å². The van der Waals surface area contributed by atoms with Gasteiger partial charge in [-0.15, -0.1) is 11.3 Å². The van der Waals surface area contributed by atoms with E-state index in [1.165, 1.54) is 0 Å². The van der Waals surface area contributed by atoms with Crippen molar-refractivity contribution in [3.8, 4) is 0 Å². The van der Waals surface area contributed by atoms with Crippen LogP contribution >= 0.6 is 22.9 Å². The standard InChI is InChI=1S/C18H15ClN2O3S/c19-12-5-3-11(4-6-12)14(22)10-21-16(23)18(20-17(21)24)8-1-2-15-13(18)7-9-25-15/h3-7,9H,1-2,8,10H2,(H,20,24)/t18-/m0/s1. The van der Waals surface area contributed by atoms with Gasteiger partial charge < -0.3 is 5.32 Å². The van der Waals surface area contributed by atoms with Crippen LogP contribution in [0.3, 0.4) is 0 Å². The highest BCUT2D eigenvalue weighted by Crippen LogP contribution is 2.42. The number of rotatable bonds is 3. The van der Waals surface area contributed by atoms with Gasteiger partial charge in [-0.1, -0.05) is 11.6 Å². The quantitative estimate of drug-likeness (QED) is 0.661. The number of nitrogens with zero attached hydrogens (tertiary/aromatic N) is 1. The lowest BCUT2D eigenvalue weighted by Gasteiger charge is -2.31. The van der Waals surface area contributed by atoms with Crippen LogP contribution in [-0.2, 0) is 16.8 Å². The van der Waals surface area contributed by atoms with Crippen molar-refractivity contribution in [2.75, 3.05) is 6.54 Å². The number of hydrogen-bond donors (Lipinski definition) is 1. The highest BCUT2D eigenvalue weighted by atomic mass is 35.5. The SMILES string of the molecule is O=C(CN1C(=O)N[C@]2(CCCc3sccc32)C1=O)c1ccc(Cl)cc1. The summed E-state index contributed by atoms with van der Waals surface area (Å²) in [6.07, 6.45) is 2.31. The molecule has 0 saturated carbocycles. The zero-order valence-electron chi connectivity index (χ0n) is 13.3. The van der Waals surface area contributed by atoms with E-state index in [0.29, 0.717) is 17.0 Å². The van der Waals surface area contributed by atoms with Crippen LogP contribution in [0.1, 0.15) is 33.6 Å². The molecule has 3 amide bonds. The average Bonchev–Trinajstić information content (AvgIpc) is 3.16. The van der Waals surface area contributed by atoms with Crippen LogP contribution in [0.4, 0.5) is 4.79 Å². The lowest BCUT2D eigenvalue weighted by atomic mass is 9.80. The predicted octanol–water partition coefficient (Wildman–Crippen LogP) is 3.37. The molecular formula is C18H15ClN2O3S. The van der Waals surface area contributed by atoms with Gasteiger partial charge in [0.2, 0.25) is 0 Å². The molecule has 0 bridgehead atoms. The minimum Gasteiger partial charge on any atom is -0.319 e. The number of nitrogens with one attached hydrogen (secondary N) is 1. The number of thiophene rings is 1. The maximum atomic E-state index is 13.0. The van der Waals surface area contributed by atoms with Gasteiger partial charge in [-0.3, -0.25) is 14.5 Å². The van der Waals surface area contributed by atoms with Gasteiger partial charge in [0, 0.05) is 21.0 Å². The summed E-state index contributed by atoms with van der Waals surface area (Å²) in [4.78, 5) is 40.1. The lowest BCUT2D eigenvalue weighted by molar-refractivity contribution is -0.131. The van der Waals surface area contributed by atoms with Gasteiger partial charge >= 0.3 is 6.03 Å². The largest absolute Gasteiger partial charge is 0.325 e. The van der Waals surface area contributed by atoms with Gasteiger partial charge in [-0.2, -0.15) is 0 Å². The molecule has 2 aliphatic rings. The van der Waals surface area contributed by atoms with Crippen LogP contribution in [-0.4, -0.2) is 29.2 Å². The Bertz CT molecular complexity index is 877. The van der Waals surface area contributed by atoms with Gasteiger partial charge in [0.15, 0.2) is 5.78 Å². The topological polar surface area (TPSA) is 66.5 Å². The maximum Gasteiger partial charge on any atom is 0.325 e. The maximum absolute atomic E-state index is 13.0. The number of urea groups is 1. The second-order valence-corrected chi connectivity index (χ2v) is 7.70. The third-order valence-corrected chi connectivity index (χ3v) is 6.04. The Morgan fingerprint density at radius 2 is 2.00 bits per heavy atom. The second kappa shape index (κ2) is 5.97. The number of ketones is 1. The van der Waals surface area contributed by atoms with Gasteiger partial charge in [-0.05, 0) is 55.0 Å². The second-order valence-electron chi connectivity index (χ2n) is 6.27. The molecule has 1 aliphatic heterocycles. The Morgan fingerprint density at radius 1 is 1.24 bits per heavy atom. The summed E-state index contributed by atoms with van der Waals surface area (Å²) < 4.78 is 0. The molecule has 4 rings (SSSR count). The zero-order chi connectivity index (χ0) is 17.6. The number of carbonyl (C=O) groups is 3. The molecule has 1 aliphatic carbocycles. The first-order valence-corrected chi connectivity index (χ1v) is 9.27. The van der Waals surface area contributed by atoms with Gasteiger partial charge in [0.05, 0.1) is 6.54 Å². The molecule has 2 heterocycles. The normalized spacial score (nSPS) is 22.2. The van der Waals surface area contributed by atoms with Crippen molar-refractivity contribution < 1.29 is 14.4 Å². The van der Waals surface area contributed by atoms with Gasteiger partial charge in [-0.25, -0.2) is 4.79 Å². The highest BCUT2D eigenvalue weighted by molar-refractivity contribution is 7.10. The summed E-state index contributed by atoms with van der Waals surface area (Å²) in [6.45, 7) is -0.270. The van der Waals surface area contributed by atoms with Crippen molar-refractivity contribution in [1.29, 1.82) is 0 Å². The van der Waals surface area contributed by atoms with Crippen molar-refractivity contribution >= 4 is 40.7 Å². The van der Waals surface area contributed by atoms with Crippen LogP contribution in [0.15, 0.2) is 35.7 Å². The van der Waals surface area contributed by atoms with E-state index in [0.717, 1.165) is 28.2 Å². The molecule has 1 atom stereocenters. The van der Waals surface area contributed by atoms with E-state index in [2.05, 4.69) is 5.32 Å². The number of benzene rings is 1. The summed E-state index contributed by atoms with van der Waals surface area (Å²) in [5, 5.41) is 5.32. The molecular weight excluding hydrogens is 360 g/mol. The molecule has 0 unspecified atom stereocenters. The third kappa shape index (κ3) is 2.56. The number of aryl methyl sites for hydroxylation is 1. The average molecular weight is 375 g/mol. The number of imide groups is 1. The zero-order valence-corrected chi connectivity index (χ0v) is 14.8. The van der Waals surface area contributed by atoms with Crippen LogP contribution in [0.2, 0.25) is 5.02 Å². The van der Waals surface area contributed by atoms with Crippen LogP contribution in [0.25, 0.3) is 0 Å². The Hall–Kier alpha value is -2.18. The smallest absolute Gasteiger partial charge is 0.319 e. The third-order valence-electron chi connectivity index (χ3n) is 4.80. The van der Waals surface area contributed by atoms with Crippen molar-refractivity contribution in [3.63, 3.8) is 0 Å². The first-order valence-electron chi connectivity index (χ1n) is 8.01. The van der Waals surface area contributed by atoms with Crippen molar-refractivity contribution in [2.45, 2.75) is 24.8 Å². The summed E-state index contributed by atoms with van der Waals surface area (Å²) >= 11 is 7.43. The van der Waals surface area contributed by atoms with E-state index in [1.54, 1.807) is 35.6 Å². The number of fused-ring (bicyclic) bond motifs is 2. The van der Waals surface area contributed by atoms with E-state index < -0.39 is 11.6 Å². The van der Waals surface area contributed by atoms with Crippen molar-refractivity contribution in [1.82, 2.24) is 10.2 Å². The molecule has 7 heteroatoms. The molecule has 1 aromatic carbocycles. The van der Waals surface area contributed by atoms with Gasteiger partial charge in [0.25, 0.3) is 5.91 Å². The van der Waals surface area contributed by atoms with E-state index in [-0.39, 0.29) is 18.2 Å². The predicted molar refractivity (Wildman–Crippen MR) is 95.0 cm³/mol. The first-order chi connectivity index (χ1) is 12.0. The molecule has 1 saturated heterocycles. The minimum atomic E-state index is -1.01. The molecule has 1 aromatic heterocycles. The Kier molecular flexibility index (Phi) is 3.89. The molecule has 2 aromatic rings. The number of hydrogen-bond acceptors (Lipinski definition) is 4. The highest BCUT2D eigenvalue weighted by Gasteiger charge is 2.54. The van der Waals surface area contributed by atoms with Crippen LogP contribution in [0.5, 0.6) is 0 Å². The molecule has 25 heavy (non-hydrogen) atoms. The molecule has 1 spiro atoms. The number of carbonyl (C=O) groups excluding carboxylic acids is 3. The van der Waals surface area contributed by atoms with Crippen molar-refractivity contribution in [2.24, 2.45) is 0 Å². The summed E-state index contributed by atoms with van der Waals surface area (Å²) in [6, 6.07) is 7.81. The van der Waals surface area contributed by atoms with E-state index in [1.807, 2.05) is 11.4 Å². The van der Waals surface area contributed by atoms with Crippen molar-refractivity contribution in [3.05, 3.63) is 56.7 Å². The monoisotopic (exact) mass is 374 g/mol. The fraction of sp³-hybridized carbons (Fsp3) is 0.278. The van der Waals surface area contributed by atoms with Crippen LogP contribution in [0, 0.1) is 0 Å². The Morgan fingerprint density at radius 3 is 2.76 bits per heavy atom. The number of Topliss-reactive ketones (excluding diaryl/α,β-unsaturated/α-hetero) is 1. The van der Waals surface area contributed by atoms with Gasteiger partial charge in [0.1, 0.15) is 5.54 Å². The fourth-order valence-electron chi connectivity index (χ4n) is 3.56. The summed E-state index contributed by atoms with van der Waals surface area (Å²) in [5.74, 6) is -0.627. The summed E-state index contributed by atoms with van der Waals surface area (Å²) in [5.41, 5.74) is 0.291. The Labute approximate surface area is 153 Å². The van der Waals surface area contributed by atoms with E-state index >= 15 is 0 Å². The number of amides is 3. The summed E-state index contributed by atoms with van der Waals surface area (Å²) in [7, 11) is 0. The minimum absolute atomic E-state index is 0.270. The molecule has 1 N–H and O–H groups in total. The fourth-order valence-corrected chi connectivity index (χ4v) is 4.68. The molecule has 5 nitrogen and oxygen atoms in total. The number of halogens is 1. The molecule has 128 valence electrons. The first kappa shape index (κ1) is 16.3. The lowest BCUT2D eigenvalue weighted by Crippen LogP contribution is -2.46. The molecule has 1 fully saturated rings. The van der Waals surface area contributed by atoms with Crippen LogP contribution < -0.4 is 5.32 Å².